The summed E-state index contributed by atoms with van der Waals surface area (Å²) < 4.78 is 7.33. The molecule has 1 aromatic heterocycles. The zero-order valence-corrected chi connectivity index (χ0v) is 11.7. The second kappa shape index (κ2) is 3.71. The summed E-state index contributed by atoms with van der Waals surface area (Å²) in [6.07, 6.45) is 1.61. The Labute approximate surface area is 121 Å². The van der Waals surface area contributed by atoms with E-state index in [1.807, 2.05) is 6.92 Å². The number of fused-ring (bicyclic) bond motifs is 5. The molecule has 0 amide bonds. The number of hydrogen-bond donors (Lipinski definition) is 2. The second-order valence-electron chi connectivity index (χ2n) is 5.63. The van der Waals surface area contributed by atoms with Gasteiger partial charge in [0.25, 0.3) is 0 Å². The summed E-state index contributed by atoms with van der Waals surface area (Å²) in [7, 11) is 0. The normalized spacial score (nSPS) is 27.0. The van der Waals surface area contributed by atoms with E-state index in [1.54, 1.807) is 24.3 Å². The molecule has 20 heavy (non-hydrogen) atoms. The molecular formula is C15H14ClNO3. The SMILES string of the molecule is C[C@@]12CC[C@@H](O1)c1c2c(O)n(-c2cccc(Cl)c2)c1O. The van der Waals surface area contributed by atoms with Crippen LogP contribution in [0.2, 0.25) is 5.02 Å². The van der Waals surface area contributed by atoms with Crippen LogP contribution in [-0.2, 0) is 10.3 Å². The molecule has 1 aromatic carbocycles. The molecule has 0 spiro atoms. The van der Waals surface area contributed by atoms with E-state index in [2.05, 4.69) is 0 Å². The van der Waals surface area contributed by atoms with Gasteiger partial charge in [-0.25, -0.2) is 0 Å². The first kappa shape index (κ1) is 12.1. The Morgan fingerprint density at radius 2 is 2.15 bits per heavy atom. The summed E-state index contributed by atoms with van der Waals surface area (Å²) in [6, 6.07) is 7.05. The van der Waals surface area contributed by atoms with Crippen LogP contribution in [0.1, 0.15) is 37.0 Å². The van der Waals surface area contributed by atoms with Crippen molar-refractivity contribution < 1.29 is 14.9 Å². The maximum atomic E-state index is 10.5. The molecule has 1 fully saturated rings. The number of aromatic nitrogens is 1. The quantitative estimate of drug-likeness (QED) is 0.844. The second-order valence-corrected chi connectivity index (χ2v) is 6.06. The minimum Gasteiger partial charge on any atom is -0.494 e. The molecule has 2 aromatic rings. The van der Waals surface area contributed by atoms with Gasteiger partial charge in [-0.05, 0) is 38.0 Å². The molecule has 4 rings (SSSR count). The van der Waals surface area contributed by atoms with E-state index < -0.39 is 5.60 Å². The third-order valence-electron chi connectivity index (χ3n) is 4.36. The van der Waals surface area contributed by atoms with E-state index in [4.69, 9.17) is 16.3 Å². The van der Waals surface area contributed by atoms with Gasteiger partial charge in [-0.2, -0.15) is 0 Å². The Balaban J connectivity index is 1.99. The monoisotopic (exact) mass is 291 g/mol. The van der Waals surface area contributed by atoms with E-state index in [9.17, 15) is 10.2 Å². The molecule has 5 heteroatoms. The highest BCUT2D eigenvalue weighted by molar-refractivity contribution is 6.30. The first-order valence-corrected chi connectivity index (χ1v) is 7.00. The maximum Gasteiger partial charge on any atom is 0.205 e. The number of aromatic hydroxyl groups is 2. The largest absolute Gasteiger partial charge is 0.494 e. The predicted molar refractivity (Wildman–Crippen MR) is 74.5 cm³/mol. The molecule has 0 aliphatic carbocycles. The lowest BCUT2D eigenvalue weighted by molar-refractivity contribution is -0.00959. The Kier molecular flexibility index (Phi) is 2.25. The molecule has 2 bridgehead atoms. The smallest absolute Gasteiger partial charge is 0.205 e. The lowest BCUT2D eigenvalue weighted by atomic mass is 9.86. The summed E-state index contributed by atoms with van der Waals surface area (Å²) >= 11 is 5.99. The van der Waals surface area contributed by atoms with Crippen LogP contribution in [0.5, 0.6) is 11.8 Å². The highest BCUT2D eigenvalue weighted by Crippen LogP contribution is 2.61. The molecule has 104 valence electrons. The van der Waals surface area contributed by atoms with E-state index in [-0.39, 0.29) is 17.9 Å². The van der Waals surface area contributed by atoms with Crippen molar-refractivity contribution >= 4 is 11.6 Å². The van der Waals surface area contributed by atoms with E-state index in [0.29, 0.717) is 16.3 Å². The average Bonchev–Trinajstić information content (AvgIpc) is 2.99. The molecule has 2 atom stereocenters. The molecule has 0 unspecified atom stereocenters. The van der Waals surface area contributed by atoms with E-state index >= 15 is 0 Å². The van der Waals surface area contributed by atoms with E-state index in [1.165, 1.54) is 4.57 Å². The number of rotatable bonds is 1. The number of nitrogens with zero attached hydrogens (tertiary/aromatic N) is 1. The highest BCUT2D eigenvalue weighted by Gasteiger charge is 2.53. The van der Waals surface area contributed by atoms with Crippen molar-refractivity contribution in [3.05, 3.63) is 40.4 Å². The number of benzene rings is 1. The molecule has 0 saturated carbocycles. The zero-order valence-electron chi connectivity index (χ0n) is 10.9. The maximum absolute atomic E-state index is 10.5. The number of halogens is 1. The van der Waals surface area contributed by atoms with Gasteiger partial charge in [0.2, 0.25) is 11.8 Å². The summed E-state index contributed by atoms with van der Waals surface area (Å²) in [5.41, 5.74) is 1.58. The van der Waals surface area contributed by atoms with E-state index in [0.717, 1.165) is 18.4 Å². The lowest BCUT2D eigenvalue weighted by Gasteiger charge is -2.19. The standard InChI is InChI=1S/C15H14ClNO3/c1-15-6-5-10(20-15)11-12(15)14(19)17(13(11)18)9-4-2-3-8(16)7-9/h2-4,7,10,18-19H,5-6H2,1H3/t10-,15+/m1/s1. The summed E-state index contributed by atoms with van der Waals surface area (Å²) in [6.45, 7) is 1.96. The topological polar surface area (TPSA) is 54.6 Å². The Morgan fingerprint density at radius 3 is 2.85 bits per heavy atom. The third kappa shape index (κ3) is 1.35. The minimum atomic E-state index is -0.495. The van der Waals surface area contributed by atoms with Crippen molar-refractivity contribution in [2.24, 2.45) is 0 Å². The predicted octanol–water partition coefficient (Wildman–Crippen LogP) is 3.62. The molecule has 0 radical (unpaired) electrons. The van der Waals surface area contributed by atoms with Crippen molar-refractivity contribution in [1.82, 2.24) is 4.57 Å². The average molecular weight is 292 g/mol. The lowest BCUT2D eigenvalue weighted by Crippen LogP contribution is -2.16. The van der Waals surface area contributed by atoms with Gasteiger partial charge in [0, 0.05) is 5.02 Å². The van der Waals surface area contributed by atoms with Gasteiger partial charge >= 0.3 is 0 Å². The molecule has 3 heterocycles. The van der Waals surface area contributed by atoms with Gasteiger partial charge < -0.3 is 14.9 Å². The Hall–Kier alpha value is -1.65. The van der Waals surface area contributed by atoms with Crippen molar-refractivity contribution in [2.75, 3.05) is 0 Å². The van der Waals surface area contributed by atoms with Crippen LogP contribution >= 0.6 is 11.6 Å². The first-order chi connectivity index (χ1) is 9.51. The van der Waals surface area contributed by atoms with Crippen LogP contribution in [0.15, 0.2) is 24.3 Å². The molecule has 4 nitrogen and oxygen atoms in total. The number of hydrogen-bond acceptors (Lipinski definition) is 3. The highest BCUT2D eigenvalue weighted by atomic mass is 35.5. The molecule has 2 aliphatic heterocycles. The van der Waals surface area contributed by atoms with Crippen LogP contribution in [0.3, 0.4) is 0 Å². The fourth-order valence-electron chi connectivity index (χ4n) is 3.48. The Bertz CT molecular complexity index is 724. The van der Waals surface area contributed by atoms with Crippen molar-refractivity contribution in [1.29, 1.82) is 0 Å². The van der Waals surface area contributed by atoms with Gasteiger partial charge in [0.05, 0.1) is 28.5 Å². The van der Waals surface area contributed by atoms with Crippen LogP contribution in [0, 0.1) is 0 Å². The summed E-state index contributed by atoms with van der Waals surface area (Å²) in [5, 5.41) is 21.6. The van der Waals surface area contributed by atoms with Crippen molar-refractivity contribution in [2.45, 2.75) is 31.5 Å². The Morgan fingerprint density at radius 1 is 1.35 bits per heavy atom. The fourth-order valence-corrected chi connectivity index (χ4v) is 3.66. The van der Waals surface area contributed by atoms with Gasteiger partial charge in [-0.1, -0.05) is 17.7 Å². The fraction of sp³-hybridized carbons (Fsp3) is 0.333. The molecule has 2 aliphatic rings. The number of ether oxygens (including phenoxy) is 1. The molecule has 1 saturated heterocycles. The van der Waals surface area contributed by atoms with Crippen molar-refractivity contribution in [3.63, 3.8) is 0 Å². The zero-order chi connectivity index (χ0) is 14.1. The van der Waals surface area contributed by atoms with Crippen molar-refractivity contribution in [3.8, 4) is 17.4 Å². The third-order valence-corrected chi connectivity index (χ3v) is 4.60. The van der Waals surface area contributed by atoms with Crippen LogP contribution < -0.4 is 0 Å². The molecular weight excluding hydrogens is 278 g/mol. The van der Waals surface area contributed by atoms with Gasteiger partial charge in [0.15, 0.2) is 0 Å². The van der Waals surface area contributed by atoms with Gasteiger partial charge in [0.1, 0.15) is 0 Å². The molecule has 2 N–H and O–H groups in total. The minimum absolute atomic E-state index is 0.0458. The summed E-state index contributed by atoms with van der Waals surface area (Å²) in [4.78, 5) is 0. The van der Waals surface area contributed by atoms with Crippen LogP contribution in [0.4, 0.5) is 0 Å². The van der Waals surface area contributed by atoms with Crippen LogP contribution in [0.25, 0.3) is 5.69 Å². The summed E-state index contributed by atoms with van der Waals surface area (Å²) in [5.74, 6) is 0.0951. The van der Waals surface area contributed by atoms with Gasteiger partial charge in [-0.3, -0.25) is 4.57 Å². The van der Waals surface area contributed by atoms with Gasteiger partial charge in [-0.15, -0.1) is 0 Å². The van der Waals surface area contributed by atoms with Crippen LogP contribution in [-0.4, -0.2) is 14.8 Å². The first-order valence-electron chi connectivity index (χ1n) is 6.62.